The molecule has 2 aromatic carbocycles. The van der Waals surface area contributed by atoms with Crippen LogP contribution in [0, 0.1) is 5.82 Å². The van der Waals surface area contributed by atoms with Crippen molar-refractivity contribution in [3.05, 3.63) is 77.4 Å². The zero-order valence-electron chi connectivity index (χ0n) is 15.1. The third kappa shape index (κ3) is 4.97. The van der Waals surface area contributed by atoms with Crippen LogP contribution in [0.2, 0.25) is 0 Å². The van der Waals surface area contributed by atoms with E-state index >= 15 is 0 Å². The molecule has 1 aromatic heterocycles. The van der Waals surface area contributed by atoms with Crippen molar-refractivity contribution in [2.75, 3.05) is 16.2 Å². The van der Waals surface area contributed by atoms with Crippen LogP contribution < -0.4 is 9.62 Å². The number of carbonyl (C=O) groups excluding carboxylic acids is 1. The highest BCUT2D eigenvalue weighted by molar-refractivity contribution is 7.94. The van der Waals surface area contributed by atoms with E-state index in [0.717, 1.165) is 46.0 Å². The molecule has 3 rings (SSSR count). The van der Waals surface area contributed by atoms with Crippen LogP contribution in [-0.2, 0) is 21.0 Å². The van der Waals surface area contributed by atoms with Crippen molar-refractivity contribution >= 4 is 38.6 Å². The first-order valence-electron chi connectivity index (χ1n) is 8.36. The zero-order valence-corrected chi connectivity index (χ0v) is 16.7. The molecule has 3 aromatic rings. The van der Waals surface area contributed by atoms with Gasteiger partial charge in [-0.2, -0.15) is 13.2 Å². The van der Waals surface area contributed by atoms with Gasteiger partial charge in [0.2, 0.25) is 5.91 Å². The fraction of sp³-hybridized carbons (Fsp3) is 0.105. The van der Waals surface area contributed by atoms with Gasteiger partial charge in [-0.1, -0.05) is 12.1 Å². The van der Waals surface area contributed by atoms with Crippen LogP contribution in [-0.4, -0.2) is 20.9 Å². The lowest BCUT2D eigenvalue weighted by Crippen LogP contribution is -2.37. The fourth-order valence-electron chi connectivity index (χ4n) is 2.55. The van der Waals surface area contributed by atoms with Gasteiger partial charge in [-0.25, -0.2) is 12.8 Å². The minimum atomic E-state index is -4.59. The number of sulfonamides is 1. The van der Waals surface area contributed by atoms with E-state index in [1.807, 2.05) is 0 Å². The van der Waals surface area contributed by atoms with Gasteiger partial charge in [-0.15, -0.1) is 11.3 Å². The molecule has 0 radical (unpaired) electrons. The molecule has 1 N–H and O–H groups in total. The highest BCUT2D eigenvalue weighted by Crippen LogP contribution is 2.31. The number of halogens is 4. The van der Waals surface area contributed by atoms with Crippen LogP contribution in [0.25, 0.3) is 0 Å². The van der Waals surface area contributed by atoms with Gasteiger partial charge in [-0.05, 0) is 53.9 Å². The summed E-state index contributed by atoms with van der Waals surface area (Å²) in [5.74, 6) is -1.46. The Morgan fingerprint density at radius 3 is 2.33 bits per heavy atom. The number of amides is 1. The monoisotopic (exact) mass is 458 g/mol. The number of carbonyl (C=O) groups is 1. The number of anilines is 2. The predicted molar refractivity (Wildman–Crippen MR) is 105 cm³/mol. The molecule has 0 atom stereocenters. The van der Waals surface area contributed by atoms with Crippen LogP contribution in [0.5, 0.6) is 0 Å². The molecule has 0 saturated heterocycles. The average molecular weight is 458 g/mol. The summed E-state index contributed by atoms with van der Waals surface area (Å²) in [5, 5.41) is 3.81. The predicted octanol–water partition coefficient (Wildman–Crippen LogP) is 4.74. The van der Waals surface area contributed by atoms with Gasteiger partial charge in [0.1, 0.15) is 16.6 Å². The van der Waals surface area contributed by atoms with Gasteiger partial charge in [0.25, 0.3) is 10.0 Å². The Labute approximate surface area is 173 Å². The Bertz CT molecular complexity index is 1130. The number of alkyl halides is 3. The lowest BCUT2D eigenvalue weighted by molar-refractivity contribution is -0.137. The molecule has 0 saturated carbocycles. The van der Waals surface area contributed by atoms with Crippen molar-refractivity contribution < 1.29 is 30.8 Å². The topological polar surface area (TPSA) is 66.5 Å². The maximum absolute atomic E-state index is 13.3. The highest BCUT2D eigenvalue weighted by atomic mass is 32.2. The van der Waals surface area contributed by atoms with E-state index in [4.69, 9.17) is 0 Å². The van der Waals surface area contributed by atoms with E-state index in [9.17, 15) is 30.8 Å². The van der Waals surface area contributed by atoms with Gasteiger partial charge in [0.15, 0.2) is 0 Å². The third-order valence-corrected chi connectivity index (χ3v) is 7.06. The number of hydrogen-bond acceptors (Lipinski definition) is 4. The molecule has 0 aliphatic heterocycles. The molecule has 0 spiro atoms. The molecular formula is C19H14F4N2O3S2. The van der Waals surface area contributed by atoms with Gasteiger partial charge in [0.05, 0.1) is 11.3 Å². The summed E-state index contributed by atoms with van der Waals surface area (Å²) in [6, 6.07) is 11.3. The maximum atomic E-state index is 13.3. The number of hydrogen-bond donors (Lipinski definition) is 1. The second kappa shape index (κ2) is 8.44. The highest BCUT2D eigenvalue weighted by Gasteiger charge is 2.31. The molecule has 30 heavy (non-hydrogen) atoms. The first kappa shape index (κ1) is 21.8. The van der Waals surface area contributed by atoms with Crippen LogP contribution in [0.3, 0.4) is 0 Å². The molecular weight excluding hydrogens is 444 g/mol. The molecule has 0 unspecified atom stereocenters. The summed E-state index contributed by atoms with van der Waals surface area (Å²) in [7, 11) is -4.15. The van der Waals surface area contributed by atoms with E-state index in [0.29, 0.717) is 0 Å². The number of rotatable bonds is 6. The molecule has 5 nitrogen and oxygen atoms in total. The Kier molecular flexibility index (Phi) is 6.13. The van der Waals surface area contributed by atoms with E-state index in [-0.39, 0.29) is 15.6 Å². The third-order valence-electron chi connectivity index (χ3n) is 3.91. The molecule has 158 valence electrons. The van der Waals surface area contributed by atoms with E-state index in [2.05, 4.69) is 5.32 Å². The number of nitrogens with one attached hydrogen (secondary N) is 1. The SMILES string of the molecule is O=C(CN(c1ccc(F)cc1)S(=O)(=O)c1cccs1)Nc1cccc(C(F)(F)F)c1. The number of benzene rings is 2. The van der Waals surface area contributed by atoms with Gasteiger partial charge in [-0.3, -0.25) is 9.10 Å². The summed E-state index contributed by atoms with van der Waals surface area (Å²) >= 11 is 0.931. The minimum absolute atomic E-state index is 0.0315. The van der Waals surface area contributed by atoms with Gasteiger partial charge < -0.3 is 5.32 Å². The van der Waals surface area contributed by atoms with Crippen molar-refractivity contribution in [3.63, 3.8) is 0 Å². The normalized spacial score (nSPS) is 11.9. The summed E-state index contributed by atoms with van der Waals surface area (Å²) in [6.07, 6.45) is -4.59. The van der Waals surface area contributed by atoms with Crippen molar-refractivity contribution in [2.45, 2.75) is 10.4 Å². The lowest BCUT2D eigenvalue weighted by atomic mass is 10.2. The average Bonchev–Trinajstić information content (AvgIpc) is 3.22. The molecule has 0 aliphatic carbocycles. The second-order valence-electron chi connectivity index (χ2n) is 6.05. The van der Waals surface area contributed by atoms with E-state index in [1.54, 1.807) is 5.38 Å². The van der Waals surface area contributed by atoms with Crippen molar-refractivity contribution in [1.82, 2.24) is 0 Å². The fourth-order valence-corrected chi connectivity index (χ4v) is 5.07. The standard InChI is InChI=1S/C19H14F4N2O3S2/c20-14-6-8-16(9-7-14)25(30(27,28)18-5-2-10-29-18)12-17(26)24-15-4-1-3-13(11-15)19(21,22)23/h1-11H,12H2,(H,24,26). The number of nitrogens with zero attached hydrogens (tertiary/aromatic N) is 1. The van der Waals surface area contributed by atoms with Crippen LogP contribution in [0.1, 0.15) is 5.56 Å². The Hall–Kier alpha value is -2.92. The summed E-state index contributed by atoms with van der Waals surface area (Å²) in [5.41, 5.74) is -1.06. The van der Waals surface area contributed by atoms with Crippen molar-refractivity contribution in [1.29, 1.82) is 0 Å². The zero-order chi connectivity index (χ0) is 21.9. The summed E-state index contributed by atoms with van der Waals surface area (Å²) in [6.45, 7) is -0.720. The number of thiophene rings is 1. The van der Waals surface area contributed by atoms with Crippen LogP contribution >= 0.6 is 11.3 Å². The lowest BCUT2D eigenvalue weighted by Gasteiger charge is -2.23. The largest absolute Gasteiger partial charge is 0.416 e. The smallest absolute Gasteiger partial charge is 0.325 e. The summed E-state index contributed by atoms with van der Waals surface area (Å²) in [4.78, 5) is 12.5. The maximum Gasteiger partial charge on any atom is 0.416 e. The van der Waals surface area contributed by atoms with E-state index < -0.39 is 40.0 Å². The second-order valence-corrected chi connectivity index (χ2v) is 9.08. The van der Waals surface area contributed by atoms with Crippen molar-refractivity contribution in [3.8, 4) is 0 Å². The Balaban J connectivity index is 1.88. The van der Waals surface area contributed by atoms with Gasteiger partial charge in [0, 0.05) is 5.69 Å². The van der Waals surface area contributed by atoms with Crippen LogP contribution in [0.15, 0.2) is 70.3 Å². The molecule has 0 fully saturated rings. The van der Waals surface area contributed by atoms with Crippen LogP contribution in [0.4, 0.5) is 28.9 Å². The molecule has 0 bridgehead atoms. The first-order chi connectivity index (χ1) is 14.1. The molecule has 1 heterocycles. The van der Waals surface area contributed by atoms with Gasteiger partial charge >= 0.3 is 6.18 Å². The molecule has 1 amide bonds. The first-order valence-corrected chi connectivity index (χ1v) is 10.7. The molecule has 11 heteroatoms. The van der Waals surface area contributed by atoms with E-state index in [1.165, 1.54) is 30.3 Å². The Morgan fingerprint density at radius 1 is 1.03 bits per heavy atom. The minimum Gasteiger partial charge on any atom is -0.325 e. The Morgan fingerprint density at radius 2 is 1.73 bits per heavy atom. The van der Waals surface area contributed by atoms with Crippen molar-refractivity contribution in [2.24, 2.45) is 0 Å². The quantitative estimate of drug-likeness (QED) is 0.543. The molecule has 0 aliphatic rings. The summed E-state index contributed by atoms with van der Waals surface area (Å²) < 4.78 is 78.5.